The zero-order chi connectivity index (χ0) is 29.8. The zero-order valence-corrected chi connectivity index (χ0v) is 21.7. The van der Waals surface area contributed by atoms with Crippen molar-refractivity contribution in [2.45, 2.75) is 44.1 Å². The number of aliphatic carboxylic acids is 1. The van der Waals surface area contributed by atoms with Crippen molar-refractivity contribution >= 4 is 28.9 Å². The molecule has 218 valence electrons. The topological polar surface area (TPSA) is 208 Å². The average Bonchev–Trinajstić information content (AvgIpc) is 2.91. The van der Waals surface area contributed by atoms with Gasteiger partial charge in [0.15, 0.2) is 17.6 Å². The molecule has 0 radical (unpaired) electrons. The predicted molar refractivity (Wildman–Crippen MR) is 136 cm³/mol. The van der Waals surface area contributed by atoms with E-state index in [1.807, 2.05) is 0 Å². The number of methoxy groups -OCH3 is 1. The van der Waals surface area contributed by atoms with Crippen molar-refractivity contribution < 1.29 is 62.9 Å². The van der Waals surface area contributed by atoms with E-state index in [1.165, 1.54) is 19.2 Å². The minimum Gasteiger partial charge on any atom is -0.507 e. The number of rotatable bonds is 9. The number of esters is 2. The number of aliphatic hydroxyl groups is 2. The number of carbonyl (C=O) groups excluding carboxylic acids is 2. The van der Waals surface area contributed by atoms with Gasteiger partial charge < -0.3 is 48.5 Å². The molecule has 4 rings (SSSR count). The Kier molecular flexibility index (Phi) is 8.76. The molecule has 1 aliphatic heterocycles. The van der Waals surface area contributed by atoms with Crippen molar-refractivity contribution in [2.75, 3.05) is 13.7 Å². The average molecular weight is 574 g/mol. The van der Waals surface area contributed by atoms with Crippen LogP contribution in [-0.4, -0.2) is 82.8 Å². The van der Waals surface area contributed by atoms with Gasteiger partial charge in [-0.1, -0.05) is 0 Å². The predicted octanol–water partition coefficient (Wildman–Crippen LogP) is 0.949. The lowest BCUT2D eigenvalue weighted by Gasteiger charge is -2.41. The van der Waals surface area contributed by atoms with E-state index >= 15 is 0 Å². The number of hydrogen-bond donors (Lipinski definition) is 4. The van der Waals surface area contributed by atoms with E-state index < -0.39 is 72.8 Å². The molecule has 0 saturated carbocycles. The van der Waals surface area contributed by atoms with Gasteiger partial charge in [0, 0.05) is 30.7 Å². The summed E-state index contributed by atoms with van der Waals surface area (Å²) in [6.45, 7) is 0.372. The fourth-order valence-corrected chi connectivity index (χ4v) is 4.16. The molecule has 1 aromatic heterocycles. The summed E-state index contributed by atoms with van der Waals surface area (Å²) in [5, 5.41) is 40.5. The second kappa shape index (κ2) is 12.2. The summed E-state index contributed by atoms with van der Waals surface area (Å²) in [5.41, 5.74) is -0.0733. The van der Waals surface area contributed by atoms with Crippen LogP contribution in [0, 0.1) is 0 Å². The highest BCUT2D eigenvalue weighted by Gasteiger charge is 2.48. The number of phenolic OH excluding ortho intramolecular Hbond substituents is 1. The van der Waals surface area contributed by atoms with Crippen LogP contribution in [0.1, 0.15) is 13.3 Å². The number of benzene rings is 2. The van der Waals surface area contributed by atoms with Crippen molar-refractivity contribution in [3.05, 3.63) is 52.7 Å². The maximum atomic E-state index is 12.8. The first-order valence-corrected chi connectivity index (χ1v) is 12.1. The van der Waals surface area contributed by atoms with Crippen LogP contribution in [0.5, 0.6) is 17.2 Å². The van der Waals surface area contributed by atoms with Crippen LogP contribution in [0.25, 0.3) is 22.3 Å². The molecule has 1 fully saturated rings. The lowest BCUT2D eigenvalue weighted by molar-refractivity contribution is -0.282. The third-order valence-corrected chi connectivity index (χ3v) is 6.06. The van der Waals surface area contributed by atoms with Gasteiger partial charge in [0.1, 0.15) is 59.2 Å². The largest absolute Gasteiger partial charge is 0.507 e. The third kappa shape index (κ3) is 6.74. The van der Waals surface area contributed by atoms with Crippen molar-refractivity contribution in [1.29, 1.82) is 0 Å². The molecule has 0 unspecified atom stereocenters. The van der Waals surface area contributed by atoms with Crippen molar-refractivity contribution in [1.82, 2.24) is 0 Å². The fourth-order valence-electron chi connectivity index (χ4n) is 4.16. The van der Waals surface area contributed by atoms with Gasteiger partial charge in [-0.15, -0.1) is 0 Å². The number of fused-ring (bicyclic) bond motifs is 1. The second-order valence-electron chi connectivity index (χ2n) is 8.99. The summed E-state index contributed by atoms with van der Waals surface area (Å²) in [4.78, 5) is 46.8. The van der Waals surface area contributed by atoms with E-state index in [-0.39, 0.29) is 22.5 Å². The summed E-state index contributed by atoms with van der Waals surface area (Å²) in [7, 11) is 1.51. The quantitative estimate of drug-likeness (QED) is 0.207. The van der Waals surface area contributed by atoms with E-state index in [9.17, 15) is 34.5 Å². The van der Waals surface area contributed by atoms with Gasteiger partial charge in [-0.05, 0) is 24.3 Å². The summed E-state index contributed by atoms with van der Waals surface area (Å²) in [5.74, 6) is -3.30. The van der Waals surface area contributed by atoms with Gasteiger partial charge >= 0.3 is 17.9 Å². The summed E-state index contributed by atoms with van der Waals surface area (Å²) in [6.07, 6.45) is -9.07. The van der Waals surface area contributed by atoms with E-state index in [0.29, 0.717) is 11.3 Å². The molecule has 1 saturated heterocycles. The number of phenols is 1. The van der Waals surface area contributed by atoms with Crippen molar-refractivity contribution in [3.63, 3.8) is 0 Å². The van der Waals surface area contributed by atoms with Crippen LogP contribution in [0.2, 0.25) is 0 Å². The lowest BCUT2D eigenvalue weighted by atomic mass is 9.99. The summed E-state index contributed by atoms with van der Waals surface area (Å²) in [6, 6.07) is 10.2. The first-order valence-electron chi connectivity index (χ1n) is 12.1. The van der Waals surface area contributed by atoms with Crippen LogP contribution < -0.4 is 14.9 Å². The van der Waals surface area contributed by atoms with Crippen molar-refractivity contribution in [2.24, 2.45) is 0 Å². The molecule has 14 heteroatoms. The fraction of sp³-hybridized carbons (Fsp3) is 0.333. The molecule has 14 nitrogen and oxygen atoms in total. The lowest BCUT2D eigenvalue weighted by Crippen LogP contribution is -2.61. The van der Waals surface area contributed by atoms with Crippen LogP contribution in [-0.2, 0) is 28.6 Å². The minimum atomic E-state index is -1.77. The molecule has 2 aromatic carbocycles. The molecule has 0 amide bonds. The number of carbonyl (C=O) groups is 3. The van der Waals surface area contributed by atoms with Crippen molar-refractivity contribution in [3.8, 4) is 28.6 Å². The van der Waals surface area contributed by atoms with Crippen LogP contribution >= 0.6 is 0 Å². The van der Waals surface area contributed by atoms with E-state index in [0.717, 1.165) is 13.0 Å². The highest BCUT2D eigenvalue weighted by atomic mass is 16.7. The Morgan fingerprint density at radius 1 is 1.00 bits per heavy atom. The minimum absolute atomic E-state index is 0.0701. The summed E-state index contributed by atoms with van der Waals surface area (Å²) < 4.78 is 32.1. The molecule has 3 aromatic rings. The third-order valence-electron chi connectivity index (χ3n) is 6.06. The molecular weight excluding hydrogens is 548 g/mol. The Hall–Kier alpha value is -4.66. The monoisotopic (exact) mass is 574 g/mol. The molecule has 5 atom stereocenters. The van der Waals surface area contributed by atoms with Gasteiger partial charge in [0.2, 0.25) is 6.29 Å². The Morgan fingerprint density at radius 3 is 2.34 bits per heavy atom. The van der Waals surface area contributed by atoms with Gasteiger partial charge in [-0.3, -0.25) is 19.2 Å². The molecule has 2 heterocycles. The molecule has 0 bridgehead atoms. The van der Waals surface area contributed by atoms with Crippen LogP contribution in [0.4, 0.5) is 0 Å². The van der Waals surface area contributed by atoms with E-state index in [1.54, 1.807) is 24.3 Å². The zero-order valence-electron chi connectivity index (χ0n) is 21.7. The second-order valence-corrected chi connectivity index (χ2v) is 8.99. The first-order chi connectivity index (χ1) is 19.5. The normalized spacial score (nSPS) is 22.1. The number of carboxylic acids is 1. The number of ether oxygens (including phenoxy) is 5. The highest BCUT2D eigenvalue weighted by molar-refractivity contribution is 5.90. The molecular formula is C27H26O14. The van der Waals surface area contributed by atoms with E-state index in [2.05, 4.69) is 0 Å². The first kappa shape index (κ1) is 29.3. The smallest absolute Gasteiger partial charge is 0.317 e. The Bertz CT molecular complexity index is 1490. The SMILES string of the molecule is COc1ccc(-c2cc(=O)c3c(O)cc(O[C@@H]4O[C@H](COC(=O)CC(=O)O)[C@@H](O)[C@H](OC(C)=O)[C@H]4O)cc3o2)cc1. The van der Waals surface area contributed by atoms with Gasteiger partial charge in [-0.2, -0.15) is 0 Å². The summed E-state index contributed by atoms with van der Waals surface area (Å²) >= 11 is 0. The maximum absolute atomic E-state index is 12.8. The van der Waals surface area contributed by atoms with Gasteiger partial charge in [-0.25, -0.2) is 0 Å². The molecule has 41 heavy (non-hydrogen) atoms. The van der Waals surface area contributed by atoms with Gasteiger partial charge in [0.25, 0.3) is 0 Å². The number of carboxylic acid groups (broad SMARTS) is 1. The molecule has 1 aliphatic rings. The van der Waals surface area contributed by atoms with E-state index in [4.69, 9.17) is 33.2 Å². The maximum Gasteiger partial charge on any atom is 0.317 e. The van der Waals surface area contributed by atoms with Crippen LogP contribution in [0.15, 0.2) is 51.7 Å². The Balaban J connectivity index is 1.63. The number of aliphatic hydroxyl groups excluding tert-OH is 2. The Labute approximate surface area is 231 Å². The number of aromatic hydroxyl groups is 1. The molecule has 0 aliphatic carbocycles. The van der Waals surface area contributed by atoms with Crippen LogP contribution in [0.3, 0.4) is 0 Å². The molecule has 4 N–H and O–H groups in total. The highest BCUT2D eigenvalue weighted by Crippen LogP contribution is 2.34. The van der Waals surface area contributed by atoms with Gasteiger partial charge in [0.05, 0.1) is 7.11 Å². The number of hydrogen-bond acceptors (Lipinski definition) is 13. The Morgan fingerprint density at radius 2 is 1.71 bits per heavy atom. The standard InChI is InChI=1S/C27H26O14/c1-12(28)38-26-24(34)20(11-37-22(33)10-21(31)32)41-27(25(26)35)39-15-7-16(29)23-17(30)9-18(40-19(23)8-15)13-3-5-14(36-2)6-4-13/h3-9,20,24-27,29,34-35H,10-11H2,1-2H3,(H,31,32)/t20-,24-,25-,26+,27-/m1/s1. The molecule has 0 spiro atoms.